The maximum absolute atomic E-state index is 9.71. The van der Waals surface area contributed by atoms with Crippen molar-refractivity contribution in [3.8, 4) is 33.4 Å². The number of fused-ring (bicyclic) bond motifs is 6. The summed E-state index contributed by atoms with van der Waals surface area (Å²) in [7, 11) is 0. The van der Waals surface area contributed by atoms with Crippen molar-refractivity contribution in [2.24, 2.45) is 0 Å². The van der Waals surface area contributed by atoms with Gasteiger partial charge in [0.25, 0.3) is 0 Å². The zero-order chi connectivity index (χ0) is 47.5. The molecule has 9 aromatic rings. The summed E-state index contributed by atoms with van der Waals surface area (Å²) < 4.78 is 204. The highest BCUT2D eigenvalue weighted by Gasteiger charge is 2.18. The lowest BCUT2D eigenvalue weighted by molar-refractivity contribution is 0.669. The highest BCUT2D eigenvalue weighted by molar-refractivity contribution is 6.22. The monoisotopic (exact) mass is 568 g/mol. The fraction of sp³-hybridized carbons (Fsp3) is 0. The molecule has 0 aliphatic rings. The molecule has 0 atom stereocenters. The minimum absolute atomic E-state index is 0.0553. The summed E-state index contributed by atoms with van der Waals surface area (Å²) >= 11 is 0. The van der Waals surface area contributed by atoms with Gasteiger partial charge in [-0.05, 0) is 95.9 Å². The first-order valence-corrected chi connectivity index (χ1v) is 13.0. The van der Waals surface area contributed by atoms with Crippen LogP contribution in [0.2, 0.25) is 0 Å². The van der Waals surface area contributed by atoms with E-state index in [1.807, 2.05) is 0 Å². The molecule has 1 heterocycles. The molecule has 0 radical (unpaired) electrons. The first kappa shape index (κ1) is 10.9. The molecule has 0 amide bonds. The second-order valence-electron chi connectivity index (χ2n) is 9.55. The van der Waals surface area contributed by atoms with Crippen LogP contribution in [0.25, 0.3) is 87.6 Å². The Morgan fingerprint density at radius 3 is 1.70 bits per heavy atom. The van der Waals surface area contributed by atoms with Crippen LogP contribution in [0.5, 0.6) is 0 Å². The van der Waals surface area contributed by atoms with Crippen molar-refractivity contribution in [2.45, 2.75) is 0 Å². The lowest BCUT2D eigenvalue weighted by atomic mass is 9.85. The van der Waals surface area contributed by atoms with E-state index in [0.29, 0.717) is 5.39 Å². The Morgan fingerprint density at radius 1 is 0.372 bits per heavy atom. The third-order valence-corrected chi connectivity index (χ3v) is 7.15. The van der Waals surface area contributed by atoms with Gasteiger partial charge in [-0.1, -0.05) is 127 Å². The second kappa shape index (κ2) is 9.44. The molecular weight excluding hydrogens is 520 g/mol. The summed E-state index contributed by atoms with van der Waals surface area (Å²) in [6.07, 6.45) is 0. The van der Waals surface area contributed by atoms with Crippen LogP contribution in [0.1, 0.15) is 30.2 Å². The molecule has 0 saturated carbocycles. The van der Waals surface area contributed by atoms with Crippen LogP contribution in [0, 0.1) is 0 Å². The molecule has 8 aromatic carbocycles. The highest BCUT2D eigenvalue weighted by atomic mass is 16.3. The zero-order valence-corrected chi connectivity index (χ0v) is 21.7. The fourth-order valence-corrected chi connectivity index (χ4v) is 5.28. The molecular formula is C42H26O. The Bertz CT molecular complexity index is 3660. The quantitative estimate of drug-likeness (QED) is 0.193. The molecule has 1 aromatic heterocycles. The van der Waals surface area contributed by atoms with Gasteiger partial charge in [-0.15, -0.1) is 0 Å². The summed E-state index contributed by atoms with van der Waals surface area (Å²) in [5.41, 5.74) is -4.02. The Morgan fingerprint density at radius 2 is 0.953 bits per heavy atom. The van der Waals surface area contributed by atoms with E-state index >= 15 is 0 Å². The summed E-state index contributed by atoms with van der Waals surface area (Å²) in [6.45, 7) is 0. The molecule has 0 bridgehead atoms. The van der Waals surface area contributed by atoms with Crippen molar-refractivity contribution in [3.63, 3.8) is 0 Å². The molecule has 0 aliphatic carbocycles. The number of benzene rings is 8. The van der Waals surface area contributed by atoms with Gasteiger partial charge in [0.05, 0.1) is 30.2 Å². The Balaban J connectivity index is 1.57. The van der Waals surface area contributed by atoms with Gasteiger partial charge in [-0.2, -0.15) is 0 Å². The molecule has 0 spiro atoms. The summed E-state index contributed by atoms with van der Waals surface area (Å²) in [5, 5.41) is -3.08. The van der Waals surface area contributed by atoms with Gasteiger partial charge < -0.3 is 4.42 Å². The van der Waals surface area contributed by atoms with Crippen LogP contribution < -0.4 is 0 Å². The maximum Gasteiger partial charge on any atom is 0.136 e. The predicted molar refractivity (Wildman–Crippen MR) is 183 cm³/mol. The molecule has 1 heteroatoms. The number of hydrogen-bond acceptors (Lipinski definition) is 1. The topological polar surface area (TPSA) is 13.1 Å². The lowest BCUT2D eigenvalue weighted by Gasteiger charge is -2.18. The van der Waals surface area contributed by atoms with Crippen molar-refractivity contribution in [3.05, 3.63) is 157 Å². The van der Waals surface area contributed by atoms with Crippen molar-refractivity contribution < 1.29 is 34.6 Å². The largest absolute Gasteiger partial charge is 0.456 e. The van der Waals surface area contributed by atoms with E-state index in [1.54, 1.807) is 24.3 Å². The zero-order valence-electron chi connectivity index (χ0n) is 43.7. The van der Waals surface area contributed by atoms with Crippen LogP contribution >= 0.6 is 0 Å². The standard InChI is InChI=1S/C42H26O/c1-2-11-28-24-30(21-20-27(28)10-1)29-12-9-13-31(25-29)41-35-15-3-5-17-37(35)42(38-18-6-4-16-36(38)41)32-22-23-34-33-14-7-8-19-39(33)43-40(34)26-32/h1-26H/i1D,2D,3D,4D,5D,6D,9D,10D,11D,12D,13D,15D,16D,17D,18D,20D,21D,22D,23D,24D,25D,26D. The Kier molecular flexibility index (Phi) is 2.39. The van der Waals surface area contributed by atoms with Crippen LogP contribution in [-0.2, 0) is 0 Å². The third-order valence-electron chi connectivity index (χ3n) is 7.15. The number of hydrogen-bond donors (Lipinski definition) is 0. The number of furan rings is 1. The summed E-state index contributed by atoms with van der Waals surface area (Å²) in [4.78, 5) is 0. The molecule has 0 unspecified atom stereocenters. The van der Waals surface area contributed by atoms with E-state index < -0.39 is 199 Å². The Hall–Kier alpha value is -5.66. The van der Waals surface area contributed by atoms with Crippen molar-refractivity contribution in [1.82, 2.24) is 0 Å². The van der Waals surface area contributed by atoms with E-state index in [2.05, 4.69) is 0 Å². The molecule has 0 saturated heterocycles. The van der Waals surface area contributed by atoms with Gasteiger partial charge in [-0.25, -0.2) is 0 Å². The van der Waals surface area contributed by atoms with Gasteiger partial charge >= 0.3 is 0 Å². The minimum atomic E-state index is -1.01. The maximum atomic E-state index is 9.71. The molecule has 43 heavy (non-hydrogen) atoms. The average molecular weight is 569 g/mol. The Labute approximate surface area is 280 Å². The van der Waals surface area contributed by atoms with E-state index in [-0.39, 0.29) is 16.6 Å². The van der Waals surface area contributed by atoms with Gasteiger partial charge in [0.1, 0.15) is 11.2 Å². The van der Waals surface area contributed by atoms with Crippen molar-refractivity contribution >= 4 is 54.3 Å². The number of rotatable bonds is 3. The second-order valence-corrected chi connectivity index (χ2v) is 9.55. The SMILES string of the molecule is [2H]c1c([2H])c(-c2c([2H])c([2H])c3c([2H])c([2H])c([2H])c([2H])c3c2[2H])c([2H])c(-c2c3c([2H])c([2H])c([2H])c([2H])c3c(-c3c([2H])c([2H])c4c(oc5ccccc54)c3[2H])c3c([2H])c([2H])c([2H])c([2H])c23)c1[2H]. The minimum Gasteiger partial charge on any atom is -0.456 e. The van der Waals surface area contributed by atoms with Gasteiger partial charge in [-0.3, -0.25) is 0 Å². The average Bonchev–Trinajstić information content (AvgIpc) is 3.68. The van der Waals surface area contributed by atoms with E-state index in [0.717, 1.165) is 0 Å². The van der Waals surface area contributed by atoms with E-state index in [4.69, 9.17) is 22.2 Å². The van der Waals surface area contributed by atoms with Gasteiger partial charge in [0.15, 0.2) is 0 Å². The first-order valence-electron chi connectivity index (χ1n) is 24.0. The van der Waals surface area contributed by atoms with E-state index in [1.165, 1.54) is 0 Å². The first-order chi connectivity index (χ1) is 30.5. The van der Waals surface area contributed by atoms with E-state index in [9.17, 15) is 12.3 Å². The predicted octanol–water partition coefficient (Wildman–Crippen LogP) is 12.0. The van der Waals surface area contributed by atoms with Crippen LogP contribution in [0.3, 0.4) is 0 Å². The molecule has 200 valence electrons. The summed E-state index contributed by atoms with van der Waals surface area (Å²) in [5.74, 6) is 0. The normalized spacial score (nSPS) is 18.9. The molecule has 0 N–H and O–H groups in total. The van der Waals surface area contributed by atoms with Gasteiger partial charge in [0, 0.05) is 10.8 Å². The summed E-state index contributed by atoms with van der Waals surface area (Å²) in [6, 6.07) is -12.1. The van der Waals surface area contributed by atoms with Crippen molar-refractivity contribution in [2.75, 3.05) is 0 Å². The fourth-order valence-electron chi connectivity index (χ4n) is 5.28. The number of para-hydroxylation sites is 1. The lowest BCUT2D eigenvalue weighted by Crippen LogP contribution is -1.91. The molecule has 1 nitrogen and oxygen atoms in total. The molecule has 0 aliphatic heterocycles. The van der Waals surface area contributed by atoms with Gasteiger partial charge in [0.2, 0.25) is 0 Å². The van der Waals surface area contributed by atoms with Crippen molar-refractivity contribution in [1.29, 1.82) is 0 Å². The highest BCUT2D eigenvalue weighted by Crippen LogP contribution is 2.45. The van der Waals surface area contributed by atoms with Crippen LogP contribution in [0.15, 0.2) is 162 Å². The van der Waals surface area contributed by atoms with Crippen LogP contribution in [-0.4, -0.2) is 0 Å². The smallest absolute Gasteiger partial charge is 0.136 e. The van der Waals surface area contributed by atoms with Crippen LogP contribution in [0.4, 0.5) is 0 Å². The molecule has 0 fully saturated rings. The third kappa shape index (κ3) is 3.79. The molecule has 9 rings (SSSR count).